The molecule has 98 valence electrons. The Kier molecular flexibility index (Phi) is 5.04. The van der Waals surface area contributed by atoms with Crippen molar-refractivity contribution < 1.29 is 14.7 Å². The van der Waals surface area contributed by atoms with Crippen LogP contribution < -0.4 is 5.32 Å². The minimum atomic E-state index is -1.06. The van der Waals surface area contributed by atoms with Gasteiger partial charge in [0.05, 0.1) is 0 Å². The SMILES string of the molecule is CCC(C)N(CC(=O)O)C(=O)Nc1ncccn1. The first-order chi connectivity index (χ1) is 8.54. The van der Waals surface area contributed by atoms with Crippen molar-refractivity contribution in [3.8, 4) is 0 Å². The van der Waals surface area contributed by atoms with Crippen LogP contribution >= 0.6 is 0 Å². The standard InChI is InChI=1S/C11H16N4O3/c1-3-8(2)15(7-9(16)17)11(18)14-10-12-5-4-6-13-10/h4-6,8H,3,7H2,1-2H3,(H,16,17)(H,12,13,14,18). The quantitative estimate of drug-likeness (QED) is 0.820. The second-order valence-electron chi connectivity index (χ2n) is 3.78. The highest BCUT2D eigenvalue weighted by Crippen LogP contribution is 2.06. The molecule has 2 N–H and O–H groups in total. The van der Waals surface area contributed by atoms with Gasteiger partial charge in [-0.15, -0.1) is 0 Å². The summed E-state index contributed by atoms with van der Waals surface area (Å²) in [5.41, 5.74) is 0. The van der Waals surface area contributed by atoms with E-state index in [9.17, 15) is 9.59 Å². The van der Waals surface area contributed by atoms with Crippen LogP contribution in [0, 0.1) is 0 Å². The van der Waals surface area contributed by atoms with Gasteiger partial charge < -0.3 is 10.0 Å². The fourth-order valence-electron chi connectivity index (χ4n) is 1.33. The lowest BCUT2D eigenvalue weighted by Gasteiger charge is -2.26. The number of carbonyl (C=O) groups excluding carboxylic acids is 1. The first kappa shape index (κ1) is 13.9. The molecule has 1 atom stereocenters. The average Bonchev–Trinajstić information content (AvgIpc) is 2.36. The maximum Gasteiger partial charge on any atom is 0.324 e. The maximum absolute atomic E-state index is 11.9. The Balaban J connectivity index is 2.73. The number of carbonyl (C=O) groups is 2. The van der Waals surface area contributed by atoms with Crippen LogP contribution in [0.15, 0.2) is 18.5 Å². The van der Waals surface area contributed by atoms with Gasteiger partial charge in [0.25, 0.3) is 0 Å². The molecule has 1 rings (SSSR count). The number of aliphatic carboxylic acids is 1. The van der Waals surface area contributed by atoms with Gasteiger partial charge in [-0.3, -0.25) is 10.1 Å². The van der Waals surface area contributed by atoms with Crippen LogP contribution in [0.3, 0.4) is 0 Å². The monoisotopic (exact) mass is 252 g/mol. The van der Waals surface area contributed by atoms with Crippen molar-refractivity contribution >= 4 is 17.9 Å². The first-order valence-corrected chi connectivity index (χ1v) is 5.61. The third kappa shape index (κ3) is 4.00. The molecule has 0 saturated carbocycles. The van der Waals surface area contributed by atoms with E-state index in [0.29, 0.717) is 6.42 Å². The van der Waals surface area contributed by atoms with Crippen LogP contribution in [-0.4, -0.2) is 44.6 Å². The maximum atomic E-state index is 11.9. The third-order valence-corrected chi connectivity index (χ3v) is 2.47. The molecule has 0 aliphatic carbocycles. The molecule has 0 fully saturated rings. The molecule has 7 heteroatoms. The summed E-state index contributed by atoms with van der Waals surface area (Å²) in [6.07, 6.45) is 3.65. The van der Waals surface area contributed by atoms with Crippen molar-refractivity contribution in [1.29, 1.82) is 0 Å². The van der Waals surface area contributed by atoms with Crippen LogP contribution in [0.25, 0.3) is 0 Å². The van der Waals surface area contributed by atoms with E-state index in [1.807, 2.05) is 6.92 Å². The molecule has 1 aromatic rings. The fourth-order valence-corrected chi connectivity index (χ4v) is 1.33. The number of anilines is 1. The Bertz CT molecular complexity index is 410. The second-order valence-corrected chi connectivity index (χ2v) is 3.78. The summed E-state index contributed by atoms with van der Waals surface area (Å²) in [4.78, 5) is 31.6. The molecule has 1 aromatic heterocycles. The number of nitrogens with zero attached hydrogens (tertiary/aromatic N) is 3. The topological polar surface area (TPSA) is 95.4 Å². The van der Waals surface area contributed by atoms with Gasteiger partial charge >= 0.3 is 12.0 Å². The van der Waals surface area contributed by atoms with Gasteiger partial charge in [-0.05, 0) is 19.4 Å². The van der Waals surface area contributed by atoms with Crippen LogP contribution in [0.5, 0.6) is 0 Å². The highest BCUT2D eigenvalue weighted by Gasteiger charge is 2.22. The zero-order valence-corrected chi connectivity index (χ0v) is 10.3. The lowest BCUT2D eigenvalue weighted by molar-refractivity contribution is -0.138. The van der Waals surface area contributed by atoms with Crippen LogP contribution in [-0.2, 0) is 4.79 Å². The van der Waals surface area contributed by atoms with Gasteiger partial charge in [-0.2, -0.15) is 0 Å². The number of nitrogens with one attached hydrogen (secondary N) is 1. The molecule has 1 unspecified atom stereocenters. The van der Waals surface area contributed by atoms with E-state index in [4.69, 9.17) is 5.11 Å². The summed E-state index contributed by atoms with van der Waals surface area (Å²) in [6, 6.07) is 0.932. The van der Waals surface area contributed by atoms with E-state index < -0.39 is 12.0 Å². The summed E-state index contributed by atoms with van der Waals surface area (Å²) in [5.74, 6) is -0.902. The summed E-state index contributed by atoms with van der Waals surface area (Å²) < 4.78 is 0. The third-order valence-electron chi connectivity index (χ3n) is 2.47. The molecule has 18 heavy (non-hydrogen) atoms. The van der Waals surface area contributed by atoms with E-state index in [-0.39, 0.29) is 18.5 Å². The number of hydrogen-bond donors (Lipinski definition) is 2. The highest BCUT2D eigenvalue weighted by molar-refractivity contribution is 5.89. The zero-order valence-electron chi connectivity index (χ0n) is 10.3. The molecule has 0 aliphatic heterocycles. The summed E-state index contributed by atoms with van der Waals surface area (Å²) in [7, 11) is 0. The molecule has 0 saturated heterocycles. The Morgan fingerprint density at radius 3 is 2.56 bits per heavy atom. The molecule has 0 aliphatic rings. The fraction of sp³-hybridized carbons (Fsp3) is 0.455. The van der Waals surface area contributed by atoms with Crippen molar-refractivity contribution in [2.45, 2.75) is 26.3 Å². The minimum absolute atomic E-state index is 0.154. The van der Waals surface area contributed by atoms with Gasteiger partial charge in [0.2, 0.25) is 5.95 Å². The normalized spacial score (nSPS) is 11.7. The summed E-state index contributed by atoms with van der Waals surface area (Å²) >= 11 is 0. The van der Waals surface area contributed by atoms with E-state index in [2.05, 4.69) is 15.3 Å². The smallest absolute Gasteiger partial charge is 0.324 e. The van der Waals surface area contributed by atoms with E-state index in [1.165, 1.54) is 17.3 Å². The van der Waals surface area contributed by atoms with Crippen molar-refractivity contribution in [3.05, 3.63) is 18.5 Å². The average molecular weight is 252 g/mol. The van der Waals surface area contributed by atoms with E-state index >= 15 is 0 Å². The molecule has 0 spiro atoms. The van der Waals surface area contributed by atoms with Crippen LogP contribution in [0.4, 0.5) is 10.7 Å². The largest absolute Gasteiger partial charge is 0.480 e. The van der Waals surface area contributed by atoms with Gasteiger partial charge in [-0.1, -0.05) is 6.92 Å². The predicted octanol–water partition coefficient (Wildman–Crippen LogP) is 1.19. The van der Waals surface area contributed by atoms with Gasteiger partial charge in [0, 0.05) is 18.4 Å². The Hall–Kier alpha value is -2.18. The van der Waals surface area contributed by atoms with Crippen molar-refractivity contribution in [2.24, 2.45) is 0 Å². The lowest BCUT2D eigenvalue weighted by atomic mass is 10.2. The molecule has 1 heterocycles. The van der Waals surface area contributed by atoms with Gasteiger partial charge in [-0.25, -0.2) is 14.8 Å². The highest BCUT2D eigenvalue weighted by atomic mass is 16.4. The lowest BCUT2D eigenvalue weighted by Crippen LogP contribution is -2.44. The Morgan fingerprint density at radius 2 is 2.06 bits per heavy atom. The van der Waals surface area contributed by atoms with E-state index in [1.54, 1.807) is 13.0 Å². The van der Waals surface area contributed by atoms with Crippen molar-refractivity contribution in [3.63, 3.8) is 0 Å². The number of urea groups is 1. The van der Waals surface area contributed by atoms with Gasteiger partial charge in [0.1, 0.15) is 6.54 Å². The number of rotatable bonds is 5. The Morgan fingerprint density at radius 1 is 1.44 bits per heavy atom. The van der Waals surface area contributed by atoms with Crippen LogP contribution in [0.1, 0.15) is 20.3 Å². The van der Waals surface area contributed by atoms with Crippen molar-refractivity contribution in [1.82, 2.24) is 14.9 Å². The first-order valence-electron chi connectivity index (χ1n) is 5.61. The number of carboxylic acid groups (broad SMARTS) is 1. The second kappa shape index (κ2) is 6.53. The Labute approximate surface area is 105 Å². The predicted molar refractivity (Wildman–Crippen MR) is 65.1 cm³/mol. The molecular formula is C11H16N4O3. The minimum Gasteiger partial charge on any atom is -0.480 e. The summed E-state index contributed by atoms with van der Waals surface area (Å²) in [5, 5.41) is 11.3. The number of hydrogen-bond acceptors (Lipinski definition) is 4. The molecule has 0 bridgehead atoms. The van der Waals surface area contributed by atoms with E-state index in [0.717, 1.165) is 0 Å². The molecule has 0 radical (unpaired) electrons. The van der Waals surface area contributed by atoms with Crippen LogP contribution in [0.2, 0.25) is 0 Å². The zero-order chi connectivity index (χ0) is 13.5. The number of aromatic nitrogens is 2. The summed E-state index contributed by atoms with van der Waals surface area (Å²) in [6.45, 7) is 3.31. The van der Waals surface area contributed by atoms with Crippen molar-refractivity contribution in [2.75, 3.05) is 11.9 Å². The molecule has 2 amide bonds. The number of amides is 2. The molecule has 7 nitrogen and oxygen atoms in total. The van der Waals surface area contributed by atoms with Gasteiger partial charge in [0.15, 0.2) is 0 Å². The molecular weight excluding hydrogens is 236 g/mol. The number of carboxylic acids is 1. The molecule has 0 aromatic carbocycles.